The highest BCUT2D eigenvalue weighted by Crippen LogP contribution is 1.98. The molecule has 0 aromatic rings. The van der Waals surface area contributed by atoms with Gasteiger partial charge in [0.25, 0.3) is 0 Å². The van der Waals surface area contributed by atoms with Gasteiger partial charge in [0.2, 0.25) is 0 Å². The van der Waals surface area contributed by atoms with Gasteiger partial charge in [-0.15, -0.1) is 0 Å². The Balaban J connectivity index is 3.18. The Morgan fingerprint density at radius 3 is 1.39 bits per heavy atom. The molecule has 0 spiro atoms. The molecule has 0 heterocycles. The predicted octanol–water partition coefficient (Wildman–Crippen LogP) is -2.22. The lowest BCUT2D eigenvalue weighted by Crippen LogP contribution is -2.36. The van der Waals surface area contributed by atoms with E-state index in [1.165, 1.54) is 0 Å². The van der Waals surface area contributed by atoms with Gasteiger partial charge >= 0.3 is 0 Å². The number of hydrogen-bond acceptors (Lipinski definition) is 9. The van der Waals surface area contributed by atoms with Crippen molar-refractivity contribution in [1.82, 2.24) is 0 Å². The summed E-state index contributed by atoms with van der Waals surface area (Å²) in [5, 5.41) is 35.5. The van der Waals surface area contributed by atoms with Gasteiger partial charge in [0, 0.05) is 0 Å². The standard InChI is InChI=1S/C14H30O9/c15-1-2-19-3-4-20-5-6-21-7-8-22-9-10-23-14(12-17)13(18)11-16/h13-18H,1-12H2. The third-order valence-electron chi connectivity index (χ3n) is 2.71. The predicted molar refractivity (Wildman–Crippen MR) is 80.3 cm³/mol. The van der Waals surface area contributed by atoms with E-state index < -0.39 is 18.8 Å². The van der Waals surface area contributed by atoms with Crippen LogP contribution < -0.4 is 0 Å². The van der Waals surface area contributed by atoms with Gasteiger partial charge in [0.15, 0.2) is 0 Å². The van der Waals surface area contributed by atoms with Crippen molar-refractivity contribution in [3.8, 4) is 0 Å². The summed E-state index contributed by atoms with van der Waals surface area (Å²) >= 11 is 0. The third kappa shape index (κ3) is 14.9. The first kappa shape index (κ1) is 22.6. The summed E-state index contributed by atoms with van der Waals surface area (Å²) in [7, 11) is 0. The summed E-state index contributed by atoms with van der Waals surface area (Å²) in [6.45, 7) is 2.66. The molecule has 0 amide bonds. The first-order valence-electron chi connectivity index (χ1n) is 7.69. The van der Waals surface area contributed by atoms with Crippen molar-refractivity contribution in [2.24, 2.45) is 0 Å². The largest absolute Gasteiger partial charge is 0.394 e. The van der Waals surface area contributed by atoms with Gasteiger partial charge in [0.1, 0.15) is 12.2 Å². The molecule has 0 fully saturated rings. The van der Waals surface area contributed by atoms with E-state index in [1.807, 2.05) is 0 Å². The fourth-order valence-electron chi connectivity index (χ4n) is 1.49. The van der Waals surface area contributed by atoms with Crippen LogP contribution in [0.15, 0.2) is 0 Å². The smallest absolute Gasteiger partial charge is 0.109 e. The van der Waals surface area contributed by atoms with Crippen LogP contribution in [0, 0.1) is 0 Å². The highest BCUT2D eigenvalue weighted by Gasteiger charge is 2.17. The maximum absolute atomic E-state index is 9.29. The van der Waals surface area contributed by atoms with Crippen molar-refractivity contribution < 1.29 is 44.1 Å². The van der Waals surface area contributed by atoms with E-state index in [2.05, 4.69) is 0 Å². The molecule has 9 heteroatoms. The molecule has 0 bridgehead atoms. The van der Waals surface area contributed by atoms with E-state index in [1.54, 1.807) is 0 Å². The minimum atomic E-state index is -1.10. The molecule has 0 rings (SSSR count). The Labute approximate surface area is 136 Å². The number of aliphatic hydroxyl groups excluding tert-OH is 4. The van der Waals surface area contributed by atoms with Gasteiger partial charge in [-0.2, -0.15) is 0 Å². The molecule has 2 unspecified atom stereocenters. The average Bonchev–Trinajstić information content (AvgIpc) is 2.58. The Morgan fingerprint density at radius 1 is 0.565 bits per heavy atom. The molecule has 0 aliphatic rings. The Bertz CT molecular complexity index is 230. The SMILES string of the molecule is OCCOCCOCCOCCOCCOC(CO)C(O)CO. The second-order valence-corrected chi connectivity index (χ2v) is 4.51. The summed E-state index contributed by atoms with van der Waals surface area (Å²) in [6.07, 6.45) is -1.91. The fraction of sp³-hybridized carbons (Fsp3) is 1.00. The number of hydrogen-bond donors (Lipinski definition) is 4. The number of ether oxygens (including phenoxy) is 5. The molecule has 2 atom stereocenters. The minimum absolute atomic E-state index is 0.0107. The molecule has 0 saturated heterocycles. The monoisotopic (exact) mass is 342 g/mol. The normalized spacial score (nSPS) is 14.1. The van der Waals surface area contributed by atoms with Gasteiger partial charge < -0.3 is 44.1 Å². The Kier molecular flexibility index (Phi) is 17.7. The van der Waals surface area contributed by atoms with Crippen LogP contribution >= 0.6 is 0 Å². The number of rotatable bonds is 18. The zero-order valence-electron chi connectivity index (χ0n) is 13.5. The molecular formula is C14H30O9. The van der Waals surface area contributed by atoms with Gasteiger partial charge in [-0.05, 0) is 0 Å². The highest BCUT2D eigenvalue weighted by molar-refractivity contribution is 4.66. The van der Waals surface area contributed by atoms with Gasteiger partial charge in [-0.1, -0.05) is 0 Å². The summed E-state index contributed by atoms with van der Waals surface area (Å²) in [6, 6.07) is 0. The van der Waals surface area contributed by atoms with E-state index in [4.69, 9.17) is 39.0 Å². The van der Waals surface area contributed by atoms with Crippen molar-refractivity contribution in [2.45, 2.75) is 12.2 Å². The fourth-order valence-corrected chi connectivity index (χ4v) is 1.49. The quantitative estimate of drug-likeness (QED) is 0.205. The molecule has 140 valence electrons. The van der Waals surface area contributed by atoms with Gasteiger partial charge in [-0.3, -0.25) is 0 Å². The molecule has 0 aromatic heterocycles. The van der Waals surface area contributed by atoms with Crippen LogP contribution in [0.2, 0.25) is 0 Å². The highest BCUT2D eigenvalue weighted by atomic mass is 16.6. The molecule has 23 heavy (non-hydrogen) atoms. The molecule has 0 saturated carbocycles. The second kappa shape index (κ2) is 18.0. The lowest BCUT2D eigenvalue weighted by molar-refractivity contribution is -0.0930. The van der Waals surface area contributed by atoms with E-state index in [0.717, 1.165) is 0 Å². The summed E-state index contributed by atoms with van der Waals surface area (Å²) in [5.41, 5.74) is 0. The lowest BCUT2D eigenvalue weighted by Gasteiger charge is -2.19. The van der Waals surface area contributed by atoms with Crippen molar-refractivity contribution in [3.63, 3.8) is 0 Å². The molecule has 9 nitrogen and oxygen atoms in total. The van der Waals surface area contributed by atoms with Crippen LogP contribution in [-0.2, 0) is 23.7 Å². The van der Waals surface area contributed by atoms with Crippen molar-refractivity contribution in [1.29, 1.82) is 0 Å². The van der Waals surface area contributed by atoms with Crippen molar-refractivity contribution in [3.05, 3.63) is 0 Å². The maximum atomic E-state index is 9.29. The second-order valence-electron chi connectivity index (χ2n) is 4.51. The summed E-state index contributed by atoms with van der Waals surface area (Å²) < 4.78 is 26.0. The lowest BCUT2D eigenvalue weighted by atomic mass is 10.2. The number of aliphatic hydroxyl groups is 4. The maximum Gasteiger partial charge on any atom is 0.109 e. The van der Waals surface area contributed by atoms with E-state index >= 15 is 0 Å². The first-order valence-corrected chi connectivity index (χ1v) is 7.69. The minimum Gasteiger partial charge on any atom is -0.394 e. The molecule has 4 N–H and O–H groups in total. The average molecular weight is 342 g/mol. The van der Waals surface area contributed by atoms with Crippen LogP contribution in [0.5, 0.6) is 0 Å². The topological polar surface area (TPSA) is 127 Å². The first-order chi connectivity index (χ1) is 11.3. The van der Waals surface area contributed by atoms with E-state index in [0.29, 0.717) is 52.9 Å². The zero-order chi connectivity index (χ0) is 17.2. The molecule has 0 radical (unpaired) electrons. The zero-order valence-corrected chi connectivity index (χ0v) is 13.5. The van der Waals surface area contributed by atoms with Crippen LogP contribution in [0.25, 0.3) is 0 Å². The summed E-state index contributed by atoms with van der Waals surface area (Å²) in [5.74, 6) is 0. The third-order valence-corrected chi connectivity index (χ3v) is 2.71. The van der Waals surface area contributed by atoms with Crippen LogP contribution in [0.1, 0.15) is 0 Å². The van der Waals surface area contributed by atoms with Gasteiger partial charge in [0.05, 0.1) is 79.3 Å². The van der Waals surface area contributed by atoms with Crippen LogP contribution in [0.4, 0.5) is 0 Å². The van der Waals surface area contributed by atoms with E-state index in [9.17, 15) is 5.11 Å². The van der Waals surface area contributed by atoms with Crippen molar-refractivity contribution >= 4 is 0 Å². The van der Waals surface area contributed by atoms with Crippen LogP contribution in [-0.4, -0.2) is 112 Å². The van der Waals surface area contributed by atoms with Crippen molar-refractivity contribution in [2.75, 3.05) is 79.3 Å². The Morgan fingerprint density at radius 2 is 1.00 bits per heavy atom. The van der Waals surface area contributed by atoms with E-state index in [-0.39, 0.29) is 19.8 Å². The molecule has 0 aliphatic carbocycles. The molecule has 0 aliphatic heterocycles. The summed E-state index contributed by atoms with van der Waals surface area (Å²) in [4.78, 5) is 0. The molecule has 0 aromatic carbocycles. The van der Waals surface area contributed by atoms with Gasteiger partial charge in [-0.25, -0.2) is 0 Å². The molecular weight excluding hydrogens is 312 g/mol. The Hall–Kier alpha value is -0.360. The van der Waals surface area contributed by atoms with Crippen LogP contribution in [0.3, 0.4) is 0 Å².